The molecule has 0 rings (SSSR count). The van der Waals surface area contributed by atoms with Crippen LogP contribution < -0.4 is 0 Å². The van der Waals surface area contributed by atoms with Crippen molar-refractivity contribution in [1.82, 2.24) is 0 Å². The molecule has 0 bridgehead atoms. The van der Waals surface area contributed by atoms with E-state index in [0.717, 1.165) is 9.21 Å². The fraction of sp³-hybridized carbons (Fsp3) is 0. The van der Waals surface area contributed by atoms with Crippen molar-refractivity contribution in [2.45, 2.75) is 0 Å². The van der Waals surface area contributed by atoms with Crippen LogP contribution in [0.25, 0.3) is 0 Å². The Hall–Kier alpha value is 0.745. The molecule has 0 saturated carbocycles. The van der Waals surface area contributed by atoms with Crippen LogP contribution in [0.5, 0.6) is 0 Å². The molecule has 0 atom stereocenters. The summed E-state index contributed by atoms with van der Waals surface area (Å²) in [4.78, 5) is 0. The van der Waals surface area contributed by atoms with Crippen molar-refractivity contribution in [3.05, 3.63) is 0 Å². The quantitative estimate of drug-likeness (QED) is 0.289. The molecule has 5 heteroatoms. The molecule has 0 amide bonds. The van der Waals surface area contributed by atoms with Gasteiger partial charge < -0.3 is 0 Å². The van der Waals surface area contributed by atoms with Crippen molar-refractivity contribution in [1.29, 1.82) is 0 Å². The Balaban J connectivity index is 2.40. The Labute approximate surface area is 47.5 Å². The van der Waals surface area contributed by atoms with Crippen LogP contribution in [0.3, 0.4) is 0 Å². The third kappa shape index (κ3) is 4.74. The van der Waals surface area contributed by atoms with Gasteiger partial charge in [-0.05, 0) is 0 Å². The third-order valence-corrected chi connectivity index (χ3v) is 0.696. The van der Waals surface area contributed by atoms with Crippen LogP contribution in [0.1, 0.15) is 0 Å². The topological polar surface area (TPSA) is 21.6 Å². The molecule has 1 radical (unpaired) electrons. The molecule has 27 valence electrons. The van der Waals surface area contributed by atoms with Gasteiger partial charge in [-0.1, -0.05) is 0 Å². The summed E-state index contributed by atoms with van der Waals surface area (Å²) >= 11 is 1.91. The van der Waals surface area contributed by atoms with Crippen LogP contribution in [-0.4, -0.2) is 7.64 Å². The van der Waals surface area contributed by atoms with Crippen LogP contribution in [-0.2, 0) is 4.28 Å². The second kappa shape index (κ2) is 4.74. The number of rotatable bonds is 2. The van der Waals surface area contributed by atoms with Gasteiger partial charge in [0, 0.05) is 0 Å². The van der Waals surface area contributed by atoms with Gasteiger partial charge in [0.05, 0.1) is 0 Å². The summed E-state index contributed by atoms with van der Waals surface area (Å²) < 4.78 is 4.14. The second-order valence-corrected chi connectivity index (χ2v) is 1.60. The van der Waals surface area contributed by atoms with Crippen molar-refractivity contribution < 1.29 is 4.28 Å². The summed E-state index contributed by atoms with van der Waals surface area (Å²) in [6, 6.07) is 0. The summed E-state index contributed by atoms with van der Waals surface area (Å²) in [5.41, 5.74) is 0. The zero-order valence-electron chi connectivity index (χ0n) is 2.22. The summed E-state index contributed by atoms with van der Waals surface area (Å²) in [5, 5.41) is 2.81. The van der Waals surface area contributed by atoms with Gasteiger partial charge in [0.1, 0.15) is 0 Å². The minimum atomic E-state index is 1.08. The van der Waals surface area contributed by atoms with E-state index in [1.54, 1.807) is 0 Å². The van der Waals surface area contributed by atoms with E-state index in [1.165, 1.54) is 0 Å². The number of nitrogens with zero attached hydrogens (tertiary/aromatic N) is 1. The second-order valence-electron chi connectivity index (χ2n) is 0.243. The molecule has 0 N–H and O–H groups in total. The molecule has 0 aromatic heterocycles. The number of halogens is 1. The van der Waals surface area contributed by atoms with E-state index in [4.69, 9.17) is 0 Å². The zero-order chi connectivity index (χ0) is 4.12. The van der Waals surface area contributed by atoms with Gasteiger partial charge in [-0.3, -0.25) is 0 Å². The monoisotopic (exact) mass is 200 g/mol. The molecule has 0 saturated heterocycles. The molecule has 5 heavy (non-hydrogen) atoms. The SMILES string of the molecule is [B]=NOSI. The van der Waals surface area contributed by atoms with E-state index in [-0.39, 0.29) is 0 Å². The molecule has 0 aromatic carbocycles. The molecule has 0 spiro atoms. The fourth-order valence-electron chi connectivity index (χ4n) is 0.0163. The van der Waals surface area contributed by atoms with Crippen LogP contribution in [0.4, 0.5) is 0 Å². The first-order chi connectivity index (χ1) is 2.41. The molecular weight excluding hydrogens is 200 g/mol. The molecule has 0 aromatic rings. The molecule has 0 aliphatic heterocycles. The molecule has 0 aliphatic carbocycles. The molecule has 0 unspecified atom stereocenters. The minimum absolute atomic E-state index is 1.08. The van der Waals surface area contributed by atoms with Crippen molar-refractivity contribution >= 4 is 38.1 Å². The molecule has 0 heterocycles. The van der Waals surface area contributed by atoms with Gasteiger partial charge in [0.15, 0.2) is 0 Å². The van der Waals surface area contributed by atoms with E-state index in [0.29, 0.717) is 0 Å². The maximum absolute atomic E-state index is 4.52. The van der Waals surface area contributed by atoms with Gasteiger partial charge >= 0.3 is 47.4 Å². The van der Waals surface area contributed by atoms with Crippen molar-refractivity contribution in [2.24, 2.45) is 5.06 Å². The van der Waals surface area contributed by atoms with Gasteiger partial charge in [-0.15, -0.1) is 0 Å². The van der Waals surface area contributed by atoms with Gasteiger partial charge in [-0.25, -0.2) is 0 Å². The first-order valence-corrected chi connectivity index (χ1v) is 4.05. The number of hydrogen-bond donors (Lipinski definition) is 0. The molecule has 0 aliphatic rings. The standard InChI is InChI=1S/BINOS/c1-3-4-5-2. The van der Waals surface area contributed by atoms with E-state index < -0.39 is 0 Å². The first-order valence-electron chi connectivity index (χ1n) is 0.762. The number of hydrogen-bond acceptors (Lipinski definition) is 3. The first kappa shape index (κ1) is 5.74. The van der Waals surface area contributed by atoms with Crippen LogP contribution in [0.15, 0.2) is 5.06 Å². The molecule has 2 nitrogen and oxygen atoms in total. The normalized spacial score (nSPS) is 6.40. The summed E-state index contributed by atoms with van der Waals surface area (Å²) in [6.07, 6.45) is 0. The van der Waals surface area contributed by atoms with Crippen molar-refractivity contribution in [2.75, 3.05) is 0 Å². The summed E-state index contributed by atoms with van der Waals surface area (Å²) in [7, 11) is 5.60. The predicted octanol–water partition coefficient (Wildman–Crippen LogP) is 1.27. The Morgan fingerprint density at radius 1 is 2.00 bits per heavy atom. The zero-order valence-corrected chi connectivity index (χ0v) is 5.19. The van der Waals surface area contributed by atoms with E-state index >= 15 is 0 Å². The average Bonchev–Trinajstić information content (AvgIpc) is 1.41. The van der Waals surface area contributed by atoms with Gasteiger partial charge in [0.2, 0.25) is 0 Å². The molecule has 0 fully saturated rings. The van der Waals surface area contributed by atoms with Crippen molar-refractivity contribution in [3.63, 3.8) is 0 Å². The Bertz CT molecular complexity index is 32.8. The van der Waals surface area contributed by atoms with E-state index in [1.807, 2.05) is 21.2 Å². The van der Waals surface area contributed by atoms with Gasteiger partial charge in [0.25, 0.3) is 0 Å². The Morgan fingerprint density at radius 2 is 2.60 bits per heavy atom. The van der Waals surface area contributed by atoms with Gasteiger partial charge in [-0.2, -0.15) is 0 Å². The van der Waals surface area contributed by atoms with Crippen LogP contribution in [0, 0.1) is 0 Å². The summed E-state index contributed by atoms with van der Waals surface area (Å²) in [5.74, 6) is 0. The van der Waals surface area contributed by atoms with E-state index in [9.17, 15) is 0 Å². The Morgan fingerprint density at radius 3 is 2.60 bits per heavy atom. The fourth-order valence-corrected chi connectivity index (χ4v) is 0.327. The molecular formula is BINOS. The van der Waals surface area contributed by atoms with Crippen LogP contribution in [0.2, 0.25) is 0 Å². The summed E-state index contributed by atoms with van der Waals surface area (Å²) in [6.45, 7) is 0. The van der Waals surface area contributed by atoms with Crippen LogP contribution >= 0.6 is 30.4 Å². The van der Waals surface area contributed by atoms with E-state index in [2.05, 4.69) is 17.0 Å². The Kier molecular flexibility index (Phi) is 5.45. The maximum atomic E-state index is 4.52. The average molecular weight is 200 g/mol. The third-order valence-electron chi connectivity index (χ3n) is 0.0712. The van der Waals surface area contributed by atoms with Crippen molar-refractivity contribution in [3.8, 4) is 0 Å². The predicted molar refractivity (Wildman–Crippen MR) is 30.9 cm³/mol.